The van der Waals surface area contributed by atoms with Crippen molar-refractivity contribution in [3.05, 3.63) is 22.4 Å². The summed E-state index contributed by atoms with van der Waals surface area (Å²) >= 11 is 1.88. The van der Waals surface area contributed by atoms with E-state index in [-0.39, 0.29) is 0 Å². The van der Waals surface area contributed by atoms with E-state index in [2.05, 4.69) is 31.4 Å². The van der Waals surface area contributed by atoms with E-state index in [1.54, 1.807) is 4.88 Å². The molecule has 0 fully saturated rings. The number of rotatable bonds is 5. The van der Waals surface area contributed by atoms with Gasteiger partial charge in [-0.2, -0.15) is 0 Å². The summed E-state index contributed by atoms with van der Waals surface area (Å²) in [5, 5.41) is 2.17. The van der Waals surface area contributed by atoms with Crippen LogP contribution in [0.25, 0.3) is 0 Å². The second-order valence-electron chi connectivity index (χ2n) is 3.53. The summed E-state index contributed by atoms with van der Waals surface area (Å²) in [6, 6.07) is 4.39. The monoisotopic (exact) mass is 182 g/mol. The number of thiophene rings is 1. The molecule has 1 heteroatoms. The fourth-order valence-corrected chi connectivity index (χ4v) is 2.30. The summed E-state index contributed by atoms with van der Waals surface area (Å²) in [6.45, 7) is 4.62. The average molecular weight is 182 g/mol. The van der Waals surface area contributed by atoms with Gasteiger partial charge in [0.15, 0.2) is 0 Å². The lowest BCUT2D eigenvalue weighted by molar-refractivity contribution is 0.507. The Kier molecular flexibility index (Phi) is 4.37. The van der Waals surface area contributed by atoms with E-state index in [9.17, 15) is 0 Å². The van der Waals surface area contributed by atoms with Crippen molar-refractivity contribution >= 4 is 11.3 Å². The summed E-state index contributed by atoms with van der Waals surface area (Å²) in [5.41, 5.74) is 0. The SMILES string of the molecule is CCCCC(C)Cc1cccs1. The van der Waals surface area contributed by atoms with Crippen molar-refractivity contribution in [2.75, 3.05) is 0 Å². The predicted octanol–water partition coefficient (Wildman–Crippen LogP) is 4.12. The van der Waals surface area contributed by atoms with Crippen LogP contribution in [0, 0.1) is 5.92 Å². The zero-order chi connectivity index (χ0) is 8.81. The van der Waals surface area contributed by atoms with Gasteiger partial charge in [-0.1, -0.05) is 39.2 Å². The lowest BCUT2D eigenvalue weighted by atomic mass is 10.0. The van der Waals surface area contributed by atoms with Crippen LogP contribution in [0.15, 0.2) is 17.5 Å². The normalized spacial score (nSPS) is 13.2. The highest BCUT2D eigenvalue weighted by atomic mass is 32.1. The Bertz CT molecular complexity index is 189. The average Bonchev–Trinajstić information content (AvgIpc) is 2.53. The quantitative estimate of drug-likeness (QED) is 0.642. The van der Waals surface area contributed by atoms with Gasteiger partial charge in [0.2, 0.25) is 0 Å². The van der Waals surface area contributed by atoms with Gasteiger partial charge >= 0.3 is 0 Å². The van der Waals surface area contributed by atoms with E-state index in [4.69, 9.17) is 0 Å². The summed E-state index contributed by atoms with van der Waals surface area (Å²) in [4.78, 5) is 1.54. The van der Waals surface area contributed by atoms with Gasteiger partial charge in [-0.3, -0.25) is 0 Å². The first-order valence-corrected chi connectivity index (χ1v) is 5.73. The predicted molar refractivity (Wildman–Crippen MR) is 56.7 cm³/mol. The molecule has 12 heavy (non-hydrogen) atoms. The van der Waals surface area contributed by atoms with Crippen molar-refractivity contribution in [1.29, 1.82) is 0 Å². The van der Waals surface area contributed by atoms with Crippen LogP contribution in [-0.2, 0) is 6.42 Å². The smallest absolute Gasteiger partial charge is 0.00478 e. The highest BCUT2D eigenvalue weighted by molar-refractivity contribution is 7.09. The van der Waals surface area contributed by atoms with Crippen molar-refractivity contribution < 1.29 is 0 Å². The van der Waals surface area contributed by atoms with Gasteiger partial charge in [0.25, 0.3) is 0 Å². The lowest BCUT2D eigenvalue weighted by Gasteiger charge is -2.08. The van der Waals surface area contributed by atoms with Crippen LogP contribution >= 0.6 is 11.3 Å². The van der Waals surface area contributed by atoms with Crippen LogP contribution in [0.1, 0.15) is 38.0 Å². The van der Waals surface area contributed by atoms with Crippen molar-refractivity contribution in [2.45, 2.75) is 39.5 Å². The molecular formula is C11H18S. The molecule has 0 aliphatic heterocycles. The van der Waals surface area contributed by atoms with Crippen molar-refractivity contribution in [3.63, 3.8) is 0 Å². The minimum absolute atomic E-state index is 0.864. The molecule has 1 aromatic rings. The second kappa shape index (κ2) is 5.36. The maximum atomic E-state index is 2.36. The molecule has 0 bridgehead atoms. The summed E-state index contributed by atoms with van der Waals surface area (Å²) in [7, 11) is 0. The standard InChI is InChI=1S/C11H18S/c1-3-4-6-10(2)9-11-7-5-8-12-11/h5,7-8,10H,3-4,6,9H2,1-2H3. The van der Waals surface area contributed by atoms with Gasteiger partial charge in [0, 0.05) is 4.88 Å². The van der Waals surface area contributed by atoms with Crippen LogP contribution in [-0.4, -0.2) is 0 Å². The molecule has 0 saturated carbocycles. The Labute approximate surface area is 79.6 Å². The highest BCUT2D eigenvalue weighted by Crippen LogP contribution is 2.17. The van der Waals surface area contributed by atoms with Crippen LogP contribution in [0.4, 0.5) is 0 Å². The Morgan fingerprint density at radius 3 is 2.92 bits per heavy atom. The van der Waals surface area contributed by atoms with Gasteiger partial charge in [0.1, 0.15) is 0 Å². The molecular weight excluding hydrogens is 164 g/mol. The maximum Gasteiger partial charge on any atom is 0.00478 e. The Morgan fingerprint density at radius 1 is 1.50 bits per heavy atom. The lowest BCUT2D eigenvalue weighted by Crippen LogP contribution is -1.97. The Morgan fingerprint density at radius 2 is 2.33 bits per heavy atom. The number of hydrogen-bond acceptors (Lipinski definition) is 1. The topological polar surface area (TPSA) is 0 Å². The molecule has 0 saturated heterocycles. The number of unbranched alkanes of at least 4 members (excludes halogenated alkanes) is 1. The fourth-order valence-electron chi connectivity index (χ4n) is 1.43. The summed E-state index contributed by atoms with van der Waals surface area (Å²) in [6.07, 6.45) is 5.37. The third kappa shape index (κ3) is 3.40. The van der Waals surface area contributed by atoms with Crippen LogP contribution in [0.3, 0.4) is 0 Å². The van der Waals surface area contributed by atoms with Crippen LogP contribution in [0.5, 0.6) is 0 Å². The molecule has 0 N–H and O–H groups in total. The molecule has 1 unspecified atom stereocenters. The zero-order valence-corrected chi connectivity index (χ0v) is 8.86. The molecule has 1 atom stereocenters. The second-order valence-corrected chi connectivity index (χ2v) is 4.56. The molecule has 0 spiro atoms. The summed E-state index contributed by atoms with van der Waals surface area (Å²) < 4.78 is 0. The molecule has 1 aromatic heterocycles. The van der Waals surface area contributed by atoms with E-state index < -0.39 is 0 Å². The molecule has 0 aliphatic carbocycles. The highest BCUT2D eigenvalue weighted by Gasteiger charge is 2.02. The minimum atomic E-state index is 0.864. The van der Waals surface area contributed by atoms with Crippen molar-refractivity contribution in [3.8, 4) is 0 Å². The van der Waals surface area contributed by atoms with Crippen LogP contribution < -0.4 is 0 Å². The van der Waals surface area contributed by atoms with E-state index in [0.29, 0.717) is 0 Å². The third-order valence-corrected chi connectivity index (χ3v) is 3.08. The van der Waals surface area contributed by atoms with E-state index in [0.717, 1.165) is 5.92 Å². The van der Waals surface area contributed by atoms with Gasteiger partial charge in [0.05, 0.1) is 0 Å². The van der Waals surface area contributed by atoms with Crippen molar-refractivity contribution in [1.82, 2.24) is 0 Å². The van der Waals surface area contributed by atoms with Gasteiger partial charge in [-0.25, -0.2) is 0 Å². The van der Waals surface area contributed by atoms with E-state index in [1.807, 2.05) is 11.3 Å². The molecule has 1 heterocycles. The largest absolute Gasteiger partial charge is 0.149 e. The van der Waals surface area contributed by atoms with Gasteiger partial charge < -0.3 is 0 Å². The molecule has 68 valence electrons. The molecule has 0 radical (unpaired) electrons. The molecule has 0 nitrogen and oxygen atoms in total. The minimum Gasteiger partial charge on any atom is -0.149 e. The molecule has 0 aliphatic rings. The van der Waals surface area contributed by atoms with E-state index in [1.165, 1.54) is 25.7 Å². The molecule has 1 rings (SSSR count). The number of hydrogen-bond donors (Lipinski definition) is 0. The maximum absolute atomic E-state index is 2.36. The van der Waals surface area contributed by atoms with Crippen molar-refractivity contribution in [2.24, 2.45) is 5.92 Å². The first-order valence-electron chi connectivity index (χ1n) is 4.85. The van der Waals surface area contributed by atoms with Gasteiger partial charge in [-0.15, -0.1) is 11.3 Å². The van der Waals surface area contributed by atoms with Gasteiger partial charge in [-0.05, 0) is 23.8 Å². The molecule has 0 amide bonds. The van der Waals surface area contributed by atoms with Crippen LogP contribution in [0.2, 0.25) is 0 Å². The fraction of sp³-hybridized carbons (Fsp3) is 0.636. The van der Waals surface area contributed by atoms with E-state index >= 15 is 0 Å². The Balaban J connectivity index is 2.22. The summed E-state index contributed by atoms with van der Waals surface area (Å²) in [5.74, 6) is 0.864. The first kappa shape index (κ1) is 9.79. The first-order chi connectivity index (χ1) is 5.83. The third-order valence-electron chi connectivity index (χ3n) is 2.18. The Hall–Kier alpha value is -0.300. The zero-order valence-electron chi connectivity index (χ0n) is 8.05. The molecule has 0 aromatic carbocycles.